The quantitative estimate of drug-likeness (QED) is 0.503. The van der Waals surface area contributed by atoms with E-state index in [2.05, 4.69) is 16.4 Å². The molecule has 3 aromatic carbocycles. The molecule has 0 radical (unpaired) electrons. The lowest BCUT2D eigenvalue weighted by Gasteiger charge is -2.10. The van der Waals surface area contributed by atoms with Crippen LogP contribution in [-0.4, -0.2) is 19.2 Å². The summed E-state index contributed by atoms with van der Waals surface area (Å²) in [5.74, 6) is 1.47. The lowest BCUT2D eigenvalue weighted by atomic mass is 10.0. The topological polar surface area (TPSA) is 80.3 Å². The number of oxazole rings is 1. The normalized spacial score (nSPS) is 10.5. The van der Waals surface area contributed by atoms with Crippen LogP contribution in [0.2, 0.25) is 0 Å². The molecule has 0 aliphatic heterocycles. The Morgan fingerprint density at radius 2 is 1.76 bits per heavy atom. The molecule has 0 atom stereocenters. The summed E-state index contributed by atoms with van der Waals surface area (Å²) in [6, 6.07) is 21.5. The van der Waals surface area contributed by atoms with Crippen LogP contribution in [0.1, 0.15) is 11.1 Å². The first-order valence-corrected chi connectivity index (χ1v) is 9.06. The molecule has 0 aliphatic rings. The van der Waals surface area contributed by atoms with E-state index < -0.39 is 0 Å². The number of fused-ring (bicyclic) bond motifs is 1. The highest BCUT2D eigenvalue weighted by Crippen LogP contribution is 2.28. The number of nitrogens with one attached hydrogen (secondary N) is 1. The van der Waals surface area contributed by atoms with E-state index in [9.17, 15) is 0 Å². The van der Waals surface area contributed by atoms with Crippen LogP contribution in [0, 0.1) is 11.3 Å². The fraction of sp³-hybridized carbons (Fsp3) is 0.130. The lowest BCUT2D eigenvalue weighted by molar-refractivity contribution is 0.391. The monoisotopic (exact) mass is 385 g/mol. The van der Waals surface area contributed by atoms with Gasteiger partial charge in [-0.3, -0.25) is 0 Å². The molecule has 6 heteroatoms. The van der Waals surface area contributed by atoms with Crippen molar-refractivity contribution in [3.63, 3.8) is 0 Å². The smallest absolute Gasteiger partial charge is 0.295 e. The van der Waals surface area contributed by atoms with Crippen molar-refractivity contribution in [2.45, 2.75) is 6.54 Å². The molecule has 144 valence electrons. The van der Waals surface area contributed by atoms with Gasteiger partial charge in [0, 0.05) is 18.2 Å². The van der Waals surface area contributed by atoms with Gasteiger partial charge >= 0.3 is 0 Å². The Morgan fingerprint density at radius 1 is 0.966 bits per heavy atom. The van der Waals surface area contributed by atoms with Crippen LogP contribution in [0.5, 0.6) is 11.5 Å². The number of hydrogen-bond acceptors (Lipinski definition) is 6. The third-order valence-electron chi connectivity index (χ3n) is 4.66. The minimum Gasteiger partial charge on any atom is -0.497 e. The van der Waals surface area contributed by atoms with Gasteiger partial charge in [0.1, 0.15) is 17.0 Å². The average Bonchev–Trinajstić information content (AvgIpc) is 3.19. The maximum atomic E-state index is 8.94. The molecular weight excluding hydrogens is 366 g/mol. The van der Waals surface area contributed by atoms with Gasteiger partial charge in [0.25, 0.3) is 6.01 Å². The number of nitrogens with zero attached hydrogens (tertiary/aromatic N) is 2. The summed E-state index contributed by atoms with van der Waals surface area (Å²) in [6.07, 6.45) is 0. The summed E-state index contributed by atoms with van der Waals surface area (Å²) in [4.78, 5) is 4.54. The zero-order valence-electron chi connectivity index (χ0n) is 16.1. The van der Waals surface area contributed by atoms with E-state index in [1.807, 2.05) is 48.5 Å². The van der Waals surface area contributed by atoms with E-state index in [-0.39, 0.29) is 0 Å². The van der Waals surface area contributed by atoms with Crippen molar-refractivity contribution in [1.29, 1.82) is 5.26 Å². The van der Waals surface area contributed by atoms with E-state index in [0.29, 0.717) is 23.7 Å². The second-order valence-corrected chi connectivity index (χ2v) is 6.42. The molecule has 0 saturated heterocycles. The maximum absolute atomic E-state index is 8.94. The highest BCUT2D eigenvalue weighted by Gasteiger charge is 2.10. The van der Waals surface area contributed by atoms with E-state index in [1.54, 1.807) is 26.4 Å². The van der Waals surface area contributed by atoms with Gasteiger partial charge in [-0.15, -0.1) is 0 Å². The summed E-state index contributed by atoms with van der Waals surface area (Å²) >= 11 is 0. The van der Waals surface area contributed by atoms with Crippen molar-refractivity contribution >= 4 is 17.1 Å². The van der Waals surface area contributed by atoms with Crippen LogP contribution < -0.4 is 14.8 Å². The van der Waals surface area contributed by atoms with E-state index in [0.717, 1.165) is 33.7 Å². The van der Waals surface area contributed by atoms with Crippen molar-refractivity contribution in [2.75, 3.05) is 19.5 Å². The third-order valence-corrected chi connectivity index (χ3v) is 4.66. The van der Waals surface area contributed by atoms with Crippen molar-refractivity contribution < 1.29 is 13.9 Å². The first-order valence-electron chi connectivity index (χ1n) is 9.06. The Bertz CT molecular complexity index is 1190. The molecule has 4 aromatic rings. The van der Waals surface area contributed by atoms with Crippen molar-refractivity contribution in [3.8, 4) is 28.7 Å². The molecule has 4 rings (SSSR count). The Morgan fingerprint density at radius 3 is 2.48 bits per heavy atom. The molecule has 0 unspecified atom stereocenters. The highest BCUT2D eigenvalue weighted by molar-refractivity contribution is 5.81. The minimum atomic E-state index is 0.440. The van der Waals surface area contributed by atoms with Crippen LogP contribution in [-0.2, 0) is 6.54 Å². The number of benzene rings is 3. The average molecular weight is 385 g/mol. The second-order valence-electron chi connectivity index (χ2n) is 6.42. The Balaban J connectivity index is 1.54. The predicted molar refractivity (Wildman–Crippen MR) is 111 cm³/mol. The number of nitriles is 1. The van der Waals surface area contributed by atoms with Gasteiger partial charge in [0.2, 0.25) is 0 Å². The molecular formula is C23H19N3O3. The van der Waals surface area contributed by atoms with Crippen LogP contribution in [0.3, 0.4) is 0 Å². The highest BCUT2D eigenvalue weighted by atomic mass is 16.5. The van der Waals surface area contributed by atoms with E-state index in [4.69, 9.17) is 19.2 Å². The fourth-order valence-corrected chi connectivity index (χ4v) is 3.09. The molecule has 6 nitrogen and oxygen atoms in total. The van der Waals surface area contributed by atoms with Gasteiger partial charge in [-0.05, 0) is 47.5 Å². The molecule has 1 N–H and O–H groups in total. The zero-order valence-corrected chi connectivity index (χ0v) is 16.1. The van der Waals surface area contributed by atoms with Gasteiger partial charge in [0.05, 0.1) is 25.9 Å². The van der Waals surface area contributed by atoms with Crippen LogP contribution in [0.15, 0.2) is 65.1 Å². The first-order chi connectivity index (χ1) is 14.2. The van der Waals surface area contributed by atoms with Crippen molar-refractivity contribution in [1.82, 2.24) is 4.98 Å². The van der Waals surface area contributed by atoms with Crippen LogP contribution in [0.4, 0.5) is 6.01 Å². The zero-order chi connectivity index (χ0) is 20.2. The summed E-state index contributed by atoms with van der Waals surface area (Å²) in [5, 5.41) is 12.1. The number of anilines is 1. The van der Waals surface area contributed by atoms with Crippen molar-refractivity contribution in [3.05, 3.63) is 71.8 Å². The molecule has 1 aromatic heterocycles. The standard InChI is InChI=1S/C23H19N3O3/c1-27-19-9-7-18(22(12-19)28-2)14-25-23-26-20-11-17(8-10-21(20)29-23)16-5-3-15(13-24)4-6-16/h3-12H,14H2,1-2H3,(H,25,26). The molecule has 0 bridgehead atoms. The number of ether oxygens (including phenoxy) is 2. The number of aromatic nitrogens is 1. The lowest BCUT2D eigenvalue weighted by Crippen LogP contribution is -2.02. The van der Waals surface area contributed by atoms with Gasteiger partial charge in [0.15, 0.2) is 5.58 Å². The molecule has 29 heavy (non-hydrogen) atoms. The maximum Gasteiger partial charge on any atom is 0.295 e. The molecule has 0 spiro atoms. The number of rotatable bonds is 6. The third kappa shape index (κ3) is 3.85. The second kappa shape index (κ2) is 7.95. The summed E-state index contributed by atoms with van der Waals surface area (Å²) in [5.41, 5.74) is 5.10. The van der Waals surface area contributed by atoms with Gasteiger partial charge < -0.3 is 19.2 Å². The van der Waals surface area contributed by atoms with Crippen LogP contribution in [0.25, 0.3) is 22.2 Å². The fourth-order valence-electron chi connectivity index (χ4n) is 3.09. The SMILES string of the molecule is COc1ccc(CNc2nc3cc(-c4ccc(C#N)cc4)ccc3o2)c(OC)c1. The molecule has 0 saturated carbocycles. The van der Waals surface area contributed by atoms with Crippen LogP contribution >= 0.6 is 0 Å². The van der Waals surface area contributed by atoms with Crippen molar-refractivity contribution in [2.24, 2.45) is 0 Å². The summed E-state index contributed by atoms with van der Waals surface area (Å²) in [7, 11) is 3.25. The molecule has 1 heterocycles. The predicted octanol–water partition coefficient (Wildman–Crippen LogP) is 5.00. The van der Waals surface area contributed by atoms with E-state index >= 15 is 0 Å². The number of hydrogen-bond donors (Lipinski definition) is 1. The minimum absolute atomic E-state index is 0.440. The molecule has 0 aliphatic carbocycles. The summed E-state index contributed by atoms with van der Waals surface area (Å²) < 4.78 is 16.5. The first kappa shape index (κ1) is 18.4. The van der Waals surface area contributed by atoms with E-state index in [1.165, 1.54) is 0 Å². The van der Waals surface area contributed by atoms with Gasteiger partial charge in [-0.2, -0.15) is 10.2 Å². The Kier molecular flexibility index (Phi) is 5.04. The van der Waals surface area contributed by atoms with Gasteiger partial charge in [-0.25, -0.2) is 0 Å². The Labute approximate surface area is 168 Å². The molecule has 0 amide bonds. The molecule has 0 fully saturated rings. The largest absolute Gasteiger partial charge is 0.497 e. The summed E-state index contributed by atoms with van der Waals surface area (Å²) in [6.45, 7) is 0.502. The Hall–Kier alpha value is -3.98. The van der Waals surface area contributed by atoms with Gasteiger partial charge in [-0.1, -0.05) is 18.2 Å². The number of methoxy groups -OCH3 is 2.